The first-order valence-corrected chi connectivity index (χ1v) is 8.50. The minimum atomic E-state index is -3.47. The normalized spacial score (nSPS) is 13.7. The van der Waals surface area contributed by atoms with Crippen molar-refractivity contribution in [3.63, 3.8) is 0 Å². The fraction of sp³-hybridized carbons (Fsp3) is 0.357. The maximum atomic E-state index is 12.0. The molecular formula is C14H18N2O5S. The minimum Gasteiger partial charge on any atom is -0.486 e. The number of carbonyl (C=O) groups is 1. The van der Waals surface area contributed by atoms with Crippen molar-refractivity contribution in [2.24, 2.45) is 0 Å². The molecule has 22 heavy (non-hydrogen) atoms. The lowest BCUT2D eigenvalue weighted by molar-refractivity contribution is -0.116. The summed E-state index contributed by atoms with van der Waals surface area (Å²) in [4.78, 5) is 12.0. The molecule has 1 aromatic carbocycles. The Morgan fingerprint density at radius 1 is 1.36 bits per heavy atom. The maximum Gasteiger partial charge on any atom is 0.239 e. The van der Waals surface area contributed by atoms with Gasteiger partial charge in [0, 0.05) is 18.3 Å². The maximum absolute atomic E-state index is 12.0. The molecule has 0 saturated carbocycles. The van der Waals surface area contributed by atoms with Crippen LogP contribution >= 0.6 is 0 Å². The van der Waals surface area contributed by atoms with Gasteiger partial charge in [0.15, 0.2) is 11.5 Å². The minimum absolute atomic E-state index is 0.0768. The van der Waals surface area contributed by atoms with E-state index in [1.807, 2.05) is 0 Å². The first kappa shape index (κ1) is 16.3. The third-order valence-corrected chi connectivity index (χ3v) is 4.16. The highest BCUT2D eigenvalue weighted by atomic mass is 32.2. The van der Waals surface area contributed by atoms with E-state index in [0.717, 1.165) is 10.6 Å². The van der Waals surface area contributed by atoms with Gasteiger partial charge in [-0.15, -0.1) is 6.58 Å². The van der Waals surface area contributed by atoms with Crippen molar-refractivity contribution in [3.8, 4) is 11.5 Å². The van der Waals surface area contributed by atoms with Crippen LogP contribution in [-0.4, -0.2) is 51.2 Å². The molecule has 0 bridgehead atoms. The van der Waals surface area contributed by atoms with E-state index in [4.69, 9.17) is 9.47 Å². The molecule has 0 aromatic heterocycles. The van der Waals surface area contributed by atoms with Crippen molar-refractivity contribution in [1.82, 2.24) is 4.31 Å². The van der Waals surface area contributed by atoms with Crippen molar-refractivity contribution in [1.29, 1.82) is 0 Å². The molecule has 1 amide bonds. The molecule has 0 spiro atoms. The number of benzene rings is 1. The van der Waals surface area contributed by atoms with Gasteiger partial charge in [0.05, 0.1) is 12.8 Å². The predicted octanol–water partition coefficient (Wildman–Crippen LogP) is 0.844. The summed E-state index contributed by atoms with van der Waals surface area (Å²) >= 11 is 0. The number of anilines is 1. The van der Waals surface area contributed by atoms with Crippen LogP contribution in [0.5, 0.6) is 11.5 Å². The average molecular weight is 326 g/mol. The molecule has 0 atom stereocenters. The van der Waals surface area contributed by atoms with Gasteiger partial charge in [-0.1, -0.05) is 6.08 Å². The Balaban J connectivity index is 2.03. The van der Waals surface area contributed by atoms with Gasteiger partial charge in [-0.05, 0) is 12.1 Å². The molecule has 0 aliphatic carbocycles. The number of amides is 1. The molecular weight excluding hydrogens is 308 g/mol. The van der Waals surface area contributed by atoms with Crippen LogP contribution in [-0.2, 0) is 14.8 Å². The summed E-state index contributed by atoms with van der Waals surface area (Å²) in [6.45, 7) is 4.22. The molecule has 1 heterocycles. The summed E-state index contributed by atoms with van der Waals surface area (Å²) in [6, 6.07) is 5.01. The SMILES string of the molecule is C=CCN(CC(=O)Nc1ccc2c(c1)OCCO2)S(C)(=O)=O. The van der Waals surface area contributed by atoms with Gasteiger partial charge in [-0.25, -0.2) is 8.42 Å². The topological polar surface area (TPSA) is 84.9 Å². The second-order valence-electron chi connectivity index (χ2n) is 4.75. The predicted molar refractivity (Wildman–Crippen MR) is 82.7 cm³/mol. The zero-order chi connectivity index (χ0) is 16.2. The van der Waals surface area contributed by atoms with Gasteiger partial charge < -0.3 is 14.8 Å². The van der Waals surface area contributed by atoms with Crippen molar-refractivity contribution >= 4 is 21.6 Å². The summed E-state index contributed by atoms with van der Waals surface area (Å²) in [7, 11) is -3.47. The molecule has 8 heteroatoms. The number of carbonyl (C=O) groups excluding carboxylic acids is 1. The number of nitrogens with zero attached hydrogens (tertiary/aromatic N) is 1. The lowest BCUT2D eigenvalue weighted by Crippen LogP contribution is -2.37. The Morgan fingerprint density at radius 2 is 2.05 bits per heavy atom. The quantitative estimate of drug-likeness (QED) is 0.783. The lowest BCUT2D eigenvalue weighted by Gasteiger charge is -2.20. The largest absolute Gasteiger partial charge is 0.486 e. The van der Waals surface area contributed by atoms with E-state index >= 15 is 0 Å². The molecule has 0 fully saturated rings. The van der Waals surface area contributed by atoms with E-state index < -0.39 is 15.9 Å². The Labute approximate surface area is 129 Å². The van der Waals surface area contributed by atoms with E-state index in [2.05, 4.69) is 11.9 Å². The van der Waals surface area contributed by atoms with Crippen LogP contribution in [0.15, 0.2) is 30.9 Å². The van der Waals surface area contributed by atoms with Crippen LogP contribution in [0.4, 0.5) is 5.69 Å². The Bertz CT molecular complexity index is 672. The monoisotopic (exact) mass is 326 g/mol. The van der Waals surface area contributed by atoms with Gasteiger partial charge in [0.1, 0.15) is 13.2 Å². The second kappa shape index (κ2) is 6.80. The summed E-state index contributed by atoms with van der Waals surface area (Å²) in [5, 5.41) is 2.64. The van der Waals surface area contributed by atoms with E-state index in [1.54, 1.807) is 18.2 Å². The van der Waals surface area contributed by atoms with E-state index in [1.165, 1.54) is 6.08 Å². The number of nitrogens with one attached hydrogen (secondary N) is 1. The third-order valence-electron chi connectivity index (χ3n) is 2.95. The number of rotatable bonds is 6. The first-order chi connectivity index (χ1) is 10.4. The number of sulfonamides is 1. The molecule has 7 nitrogen and oxygen atoms in total. The highest BCUT2D eigenvalue weighted by Crippen LogP contribution is 2.32. The standard InChI is InChI=1S/C14H18N2O5S/c1-3-6-16(22(2,18)19)10-14(17)15-11-4-5-12-13(9-11)21-8-7-20-12/h3-5,9H,1,6-8,10H2,2H3,(H,15,17). The van der Waals surface area contributed by atoms with Gasteiger partial charge in [-0.2, -0.15) is 4.31 Å². The summed E-state index contributed by atoms with van der Waals surface area (Å²) in [5.41, 5.74) is 0.515. The molecule has 1 aliphatic heterocycles. The van der Waals surface area contributed by atoms with Crippen LogP contribution in [0, 0.1) is 0 Å². The third kappa shape index (κ3) is 4.22. The molecule has 1 aromatic rings. The van der Waals surface area contributed by atoms with E-state index in [9.17, 15) is 13.2 Å². The number of fused-ring (bicyclic) bond motifs is 1. The van der Waals surface area contributed by atoms with Gasteiger partial charge in [0.2, 0.25) is 15.9 Å². The summed E-state index contributed by atoms with van der Waals surface area (Å²) < 4.78 is 35.0. The molecule has 2 rings (SSSR count). The molecule has 1 aliphatic rings. The first-order valence-electron chi connectivity index (χ1n) is 6.65. The highest BCUT2D eigenvalue weighted by molar-refractivity contribution is 7.88. The smallest absolute Gasteiger partial charge is 0.239 e. The van der Waals surface area contributed by atoms with Crippen LogP contribution in [0.3, 0.4) is 0 Å². The fourth-order valence-corrected chi connectivity index (χ4v) is 2.67. The summed E-state index contributed by atoms with van der Waals surface area (Å²) in [5.74, 6) is 0.729. The molecule has 0 saturated heterocycles. The molecule has 1 N–H and O–H groups in total. The number of ether oxygens (including phenoxy) is 2. The van der Waals surface area contributed by atoms with Crippen molar-refractivity contribution in [2.45, 2.75) is 0 Å². The Morgan fingerprint density at radius 3 is 2.68 bits per heavy atom. The van der Waals surface area contributed by atoms with Crippen LogP contribution in [0.2, 0.25) is 0 Å². The van der Waals surface area contributed by atoms with Gasteiger partial charge in [0.25, 0.3) is 0 Å². The summed E-state index contributed by atoms with van der Waals surface area (Å²) in [6.07, 6.45) is 2.48. The van der Waals surface area contributed by atoms with Crippen molar-refractivity contribution < 1.29 is 22.7 Å². The van der Waals surface area contributed by atoms with Crippen molar-refractivity contribution in [3.05, 3.63) is 30.9 Å². The Hall–Kier alpha value is -2.06. The molecule has 0 unspecified atom stereocenters. The molecule has 120 valence electrons. The lowest BCUT2D eigenvalue weighted by atomic mass is 10.2. The fourth-order valence-electron chi connectivity index (χ4n) is 1.94. The number of hydrogen-bond acceptors (Lipinski definition) is 5. The van der Waals surface area contributed by atoms with Gasteiger partial charge >= 0.3 is 0 Å². The zero-order valence-corrected chi connectivity index (χ0v) is 13.1. The van der Waals surface area contributed by atoms with E-state index in [0.29, 0.717) is 30.4 Å². The number of hydrogen-bond donors (Lipinski definition) is 1. The molecule has 0 radical (unpaired) electrons. The van der Waals surface area contributed by atoms with Gasteiger partial charge in [-0.3, -0.25) is 4.79 Å². The van der Waals surface area contributed by atoms with Crippen LogP contribution < -0.4 is 14.8 Å². The highest BCUT2D eigenvalue weighted by Gasteiger charge is 2.19. The zero-order valence-electron chi connectivity index (χ0n) is 12.2. The van der Waals surface area contributed by atoms with Crippen LogP contribution in [0.1, 0.15) is 0 Å². The average Bonchev–Trinajstić information content (AvgIpc) is 2.45. The second-order valence-corrected chi connectivity index (χ2v) is 6.73. The van der Waals surface area contributed by atoms with Crippen LogP contribution in [0.25, 0.3) is 0 Å². The Kier molecular flexibility index (Phi) is 5.04. The van der Waals surface area contributed by atoms with Crippen molar-refractivity contribution in [2.75, 3.05) is 37.9 Å². The van der Waals surface area contributed by atoms with E-state index in [-0.39, 0.29) is 13.1 Å².